The summed E-state index contributed by atoms with van der Waals surface area (Å²) in [6, 6.07) is 0. The van der Waals surface area contributed by atoms with Crippen LogP contribution in [0.1, 0.15) is 26.2 Å². The van der Waals surface area contributed by atoms with Gasteiger partial charge in [0, 0.05) is 19.6 Å². The van der Waals surface area contributed by atoms with Crippen molar-refractivity contribution in [1.29, 1.82) is 0 Å². The molecule has 9 heteroatoms. The van der Waals surface area contributed by atoms with Gasteiger partial charge in [0.05, 0.1) is 6.61 Å². The van der Waals surface area contributed by atoms with Gasteiger partial charge in [0.15, 0.2) is 0 Å². The fourth-order valence-electron chi connectivity index (χ4n) is 2.22. The van der Waals surface area contributed by atoms with Gasteiger partial charge in [-0.2, -0.15) is 12.7 Å². The number of hydrogen-bond donors (Lipinski definition) is 2. The Balaban J connectivity index is 2.47. The largest absolute Gasteiger partial charge is 0.449 e. The lowest BCUT2D eigenvalue weighted by molar-refractivity contribution is 0.158. The van der Waals surface area contributed by atoms with E-state index in [0.29, 0.717) is 26.2 Å². The maximum Gasteiger partial charge on any atom is 0.421 e. The van der Waals surface area contributed by atoms with E-state index >= 15 is 0 Å². The van der Waals surface area contributed by atoms with Gasteiger partial charge in [-0.3, -0.25) is 0 Å². The van der Waals surface area contributed by atoms with Crippen LogP contribution in [0, 0.1) is 0 Å². The average molecular weight is 322 g/mol. The molecule has 124 valence electrons. The maximum atomic E-state index is 12.1. The van der Waals surface area contributed by atoms with Crippen LogP contribution in [0.2, 0.25) is 0 Å². The summed E-state index contributed by atoms with van der Waals surface area (Å²) >= 11 is 0. The van der Waals surface area contributed by atoms with Crippen LogP contribution in [0.5, 0.6) is 0 Å². The van der Waals surface area contributed by atoms with Crippen molar-refractivity contribution in [2.24, 2.45) is 5.73 Å². The monoisotopic (exact) mass is 322 g/mol. The molecule has 0 aliphatic carbocycles. The fourth-order valence-corrected chi connectivity index (χ4v) is 3.31. The van der Waals surface area contributed by atoms with Crippen LogP contribution in [0.25, 0.3) is 0 Å². The van der Waals surface area contributed by atoms with Crippen molar-refractivity contribution in [1.82, 2.24) is 13.9 Å². The zero-order valence-corrected chi connectivity index (χ0v) is 13.4. The molecule has 0 saturated carbocycles. The number of amides is 1. The van der Waals surface area contributed by atoms with E-state index in [9.17, 15) is 13.2 Å². The van der Waals surface area contributed by atoms with Crippen LogP contribution < -0.4 is 10.5 Å². The van der Waals surface area contributed by atoms with Crippen molar-refractivity contribution >= 4 is 16.3 Å². The molecule has 1 amide bonds. The predicted molar refractivity (Wildman–Crippen MR) is 80.0 cm³/mol. The molecule has 0 spiro atoms. The van der Waals surface area contributed by atoms with E-state index in [1.807, 2.05) is 4.72 Å². The van der Waals surface area contributed by atoms with Crippen molar-refractivity contribution in [3.8, 4) is 0 Å². The van der Waals surface area contributed by atoms with E-state index in [-0.39, 0.29) is 6.61 Å². The van der Waals surface area contributed by atoms with Crippen LogP contribution in [0.4, 0.5) is 4.79 Å². The number of nitrogens with one attached hydrogen (secondary N) is 1. The van der Waals surface area contributed by atoms with Crippen LogP contribution in [0.3, 0.4) is 0 Å². The molecule has 0 atom stereocenters. The van der Waals surface area contributed by atoms with Gasteiger partial charge in [0.1, 0.15) is 0 Å². The lowest BCUT2D eigenvalue weighted by Crippen LogP contribution is -2.45. The summed E-state index contributed by atoms with van der Waals surface area (Å²) in [6.45, 7) is 5.66. The number of ether oxygens (including phenoxy) is 1. The molecule has 8 nitrogen and oxygen atoms in total. The first-order valence-corrected chi connectivity index (χ1v) is 8.80. The van der Waals surface area contributed by atoms with E-state index in [1.54, 1.807) is 6.92 Å². The molecule has 0 unspecified atom stereocenters. The molecule has 0 aromatic rings. The number of rotatable bonds is 7. The molecule has 3 N–H and O–H groups in total. The number of carbonyl (C=O) groups is 1. The zero-order chi connectivity index (χ0) is 15.7. The Kier molecular flexibility index (Phi) is 7.94. The molecule has 0 aromatic carbocycles. The van der Waals surface area contributed by atoms with Crippen LogP contribution in [-0.4, -0.2) is 69.6 Å². The Hall–Kier alpha value is -0.900. The van der Waals surface area contributed by atoms with E-state index in [2.05, 4.69) is 9.64 Å². The van der Waals surface area contributed by atoms with Crippen molar-refractivity contribution in [2.45, 2.75) is 26.2 Å². The highest BCUT2D eigenvalue weighted by Gasteiger charge is 2.26. The minimum absolute atomic E-state index is 0.135. The fraction of sp³-hybridized carbons (Fsp3) is 0.917. The minimum atomic E-state index is -3.81. The van der Waals surface area contributed by atoms with Gasteiger partial charge in [0.2, 0.25) is 0 Å². The summed E-state index contributed by atoms with van der Waals surface area (Å²) in [5, 5.41) is 0. The summed E-state index contributed by atoms with van der Waals surface area (Å²) in [7, 11) is -3.81. The number of nitrogens with zero attached hydrogens (tertiary/aromatic N) is 2. The molecule has 21 heavy (non-hydrogen) atoms. The smallest absolute Gasteiger partial charge is 0.421 e. The SMILES string of the molecule is CCOC(=O)NS(=O)(=O)N1CCCN(CCCCN)CC1. The lowest BCUT2D eigenvalue weighted by atomic mass is 10.3. The van der Waals surface area contributed by atoms with Crippen LogP contribution in [0.15, 0.2) is 0 Å². The number of hydrogen-bond acceptors (Lipinski definition) is 6. The molecule has 1 aliphatic heterocycles. The summed E-state index contributed by atoms with van der Waals surface area (Å²) < 4.78 is 32.0. The standard InChI is InChI=1S/C12H26N4O4S/c1-2-20-12(17)14-21(18,19)16-9-5-8-15(10-11-16)7-4-3-6-13/h2-11,13H2,1H3,(H,14,17). The third-order valence-electron chi connectivity index (χ3n) is 3.30. The van der Waals surface area contributed by atoms with Crippen molar-refractivity contribution in [2.75, 3.05) is 45.9 Å². The quantitative estimate of drug-likeness (QED) is 0.625. The maximum absolute atomic E-state index is 12.1. The van der Waals surface area contributed by atoms with Gasteiger partial charge in [-0.15, -0.1) is 0 Å². The highest BCUT2D eigenvalue weighted by atomic mass is 32.2. The third kappa shape index (κ3) is 6.60. The Morgan fingerprint density at radius 1 is 1.24 bits per heavy atom. The Bertz CT molecular complexity index is 415. The molecular formula is C12H26N4O4S. The molecule has 1 saturated heterocycles. The molecule has 0 radical (unpaired) electrons. The topological polar surface area (TPSA) is 105 Å². The first kappa shape index (κ1) is 18.1. The van der Waals surface area contributed by atoms with Crippen molar-refractivity contribution in [3.05, 3.63) is 0 Å². The van der Waals surface area contributed by atoms with Gasteiger partial charge in [-0.1, -0.05) is 0 Å². The zero-order valence-electron chi connectivity index (χ0n) is 12.6. The van der Waals surface area contributed by atoms with Crippen molar-refractivity contribution in [3.63, 3.8) is 0 Å². The second kappa shape index (κ2) is 9.19. The number of carbonyl (C=O) groups excluding carboxylic acids is 1. The van der Waals surface area contributed by atoms with Gasteiger partial charge >= 0.3 is 16.3 Å². The second-order valence-corrected chi connectivity index (χ2v) is 6.59. The number of nitrogens with two attached hydrogens (primary N) is 1. The van der Waals surface area contributed by atoms with Gasteiger partial charge in [-0.05, 0) is 45.8 Å². The Morgan fingerprint density at radius 3 is 2.67 bits per heavy atom. The second-order valence-electron chi connectivity index (χ2n) is 4.92. The summed E-state index contributed by atoms with van der Waals surface area (Å²) in [4.78, 5) is 13.5. The van der Waals surface area contributed by atoms with Gasteiger partial charge < -0.3 is 15.4 Å². The highest BCUT2D eigenvalue weighted by Crippen LogP contribution is 2.08. The van der Waals surface area contributed by atoms with E-state index < -0.39 is 16.3 Å². The predicted octanol–water partition coefficient (Wildman–Crippen LogP) is -0.276. The lowest BCUT2D eigenvalue weighted by Gasteiger charge is -2.21. The Labute approximate surface area is 126 Å². The molecule has 0 aromatic heterocycles. The van der Waals surface area contributed by atoms with E-state index in [1.165, 1.54) is 4.31 Å². The molecule has 1 heterocycles. The normalized spacial score (nSPS) is 18.2. The number of unbranched alkanes of at least 4 members (excludes halogenated alkanes) is 1. The summed E-state index contributed by atoms with van der Waals surface area (Å²) in [6.07, 6.45) is 1.81. The molecule has 0 bridgehead atoms. The summed E-state index contributed by atoms with van der Waals surface area (Å²) in [5.41, 5.74) is 5.47. The highest BCUT2D eigenvalue weighted by molar-refractivity contribution is 7.87. The molecular weight excluding hydrogens is 296 g/mol. The Morgan fingerprint density at radius 2 is 2.00 bits per heavy atom. The molecule has 1 fully saturated rings. The molecule has 1 rings (SSSR count). The van der Waals surface area contributed by atoms with E-state index in [0.717, 1.165) is 32.4 Å². The van der Waals surface area contributed by atoms with Crippen molar-refractivity contribution < 1.29 is 17.9 Å². The first-order chi connectivity index (χ1) is 9.99. The summed E-state index contributed by atoms with van der Waals surface area (Å²) in [5.74, 6) is 0. The average Bonchev–Trinajstić information content (AvgIpc) is 2.65. The van der Waals surface area contributed by atoms with Gasteiger partial charge in [-0.25, -0.2) is 9.52 Å². The van der Waals surface area contributed by atoms with Crippen LogP contribution in [-0.2, 0) is 14.9 Å². The van der Waals surface area contributed by atoms with Crippen LogP contribution >= 0.6 is 0 Å². The van der Waals surface area contributed by atoms with Gasteiger partial charge in [0.25, 0.3) is 0 Å². The first-order valence-electron chi connectivity index (χ1n) is 7.36. The third-order valence-corrected chi connectivity index (χ3v) is 4.77. The minimum Gasteiger partial charge on any atom is -0.449 e. The molecule has 1 aliphatic rings. The van der Waals surface area contributed by atoms with E-state index in [4.69, 9.17) is 5.73 Å².